The highest BCUT2D eigenvalue weighted by molar-refractivity contribution is 7.91. The highest BCUT2D eigenvalue weighted by Crippen LogP contribution is 2.32. The summed E-state index contributed by atoms with van der Waals surface area (Å²) in [4.78, 5) is 8.21. The minimum atomic E-state index is -4.53. The molecule has 0 bridgehead atoms. The fraction of sp³-hybridized carbons (Fsp3) is 0.333. The summed E-state index contributed by atoms with van der Waals surface area (Å²) in [5.41, 5.74) is -0.0714. The average molecular weight is 425 g/mol. The molecule has 11 heteroatoms. The van der Waals surface area contributed by atoms with E-state index in [1.165, 1.54) is 24.6 Å². The van der Waals surface area contributed by atoms with Gasteiger partial charge in [0, 0.05) is 19.4 Å². The van der Waals surface area contributed by atoms with E-state index in [0.717, 1.165) is 23.9 Å². The Morgan fingerprint density at radius 1 is 1.07 bits per heavy atom. The fourth-order valence-electron chi connectivity index (χ4n) is 2.73. The van der Waals surface area contributed by atoms with Gasteiger partial charge in [-0.1, -0.05) is 13.8 Å². The number of hydrogen-bond acceptors (Lipinski definition) is 6. The topological polar surface area (TPSA) is 90.6 Å². The van der Waals surface area contributed by atoms with Gasteiger partial charge in [-0.15, -0.1) is 10.2 Å². The van der Waals surface area contributed by atoms with Crippen LogP contribution in [0.1, 0.15) is 25.0 Å². The van der Waals surface area contributed by atoms with Crippen LogP contribution in [0, 0.1) is 0 Å². The van der Waals surface area contributed by atoms with Crippen molar-refractivity contribution in [2.45, 2.75) is 31.3 Å². The van der Waals surface area contributed by atoms with E-state index >= 15 is 0 Å². The van der Waals surface area contributed by atoms with E-state index < -0.39 is 21.6 Å². The fourth-order valence-corrected chi connectivity index (χ4v) is 3.81. The van der Waals surface area contributed by atoms with Gasteiger partial charge in [-0.2, -0.15) is 13.2 Å². The van der Waals surface area contributed by atoms with E-state index in [1.54, 1.807) is 6.20 Å². The van der Waals surface area contributed by atoms with Gasteiger partial charge in [-0.3, -0.25) is 9.97 Å². The number of pyridine rings is 2. The summed E-state index contributed by atoms with van der Waals surface area (Å²) < 4.78 is 65.5. The Kier molecular flexibility index (Phi) is 5.44. The molecule has 3 aromatic heterocycles. The van der Waals surface area contributed by atoms with Gasteiger partial charge < -0.3 is 4.57 Å². The quantitative estimate of drug-likeness (QED) is 0.623. The van der Waals surface area contributed by atoms with Crippen LogP contribution in [0.3, 0.4) is 0 Å². The Morgan fingerprint density at radius 2 is 1.76 bits per heavy atom. The molecule has 3 heterocycles. The third kappa shape index (κ3) is 4.00. The number of alkyl halides is 3. The molecule has 0 aliphatic heterocycles. The van der Waals surface area contributed by atoms with Gasteiger partial charge in [0.1, 0.15) is 11.4 Å². The first-order valence-electron chi connectivity index (χ1n) is 8.73. The molecule has 3 aromatic rings. The lowest BCUT2D eigenvalue weighted by Gasteiger charge is -2.11. The molecule has 0 saturated heterocycles. The molecule has 3 rings (SSSR count). The van der Waals surface area contributed by atoms with Gasteiger partial charge in [0.05, 0.1) is 16.2 Å². The van der Waals surface area contributed by atoms with Crippen molar-refractivity contribution in [3.63, 3.8) is 0 Å². The van der Waals surface area contributed by atoms with Gasteiger partial charge in [0.2, 0.25) is 0 Å². The van der Waals surface area contributed by atoms with Crippen molar-refractivity contribution in [1.82, 2.24) is 24.7 Å². The lowest BCUT2D eigenvalue weighted by Crippen LogP contribution is -2.10. The molecule has 0 aliphatic carbocycles. The second-order valence-electron chi connectivity index (χ2n) is 6.28. The van der Waals surface area contributed by atoms with E-state index in [4.69, 9.17) is 0 Å². The summed E-state index contributed by atoms with van der Waals surface area (Å²) in [6, 6.07) is 3.26. The molecular weight excluding hydrogens is 407 g/mol. The van der Waals surface area contributed by atoms with Crippen LogP contribution in [0.5, 0.6) is 0 Å². The van der Waals surface area contributed by atoms with Crippen LogP contribution >= 0.6 is 0 Å². The summed E-state index contributed by atoms with van der Waals surface area (Å²) >= 11 is 0. The molecule has 0 N–H and O–H groups in total. The number of nitrogens with zero attached hydrogens (tertiary/aromatic N) is 5. The van der Waals surface area contributed by atoms with Crippen molar-refractivity contribution in [1.29, 1.82) is 0 Å². The Balaban J connectivity index is 2.17. The van der Waals surface area contributed by atoms with E-state index in [-0.39, 0.29) is 33.7 Å². The maximum absolute atomic E-state index is 13.0. The van der Waals surface area contributed by atoms with Crippen LogP contribution in [0.4, 0.5) is 13.2 Å². The van der Waals surface area contributed by atoms with Gasteiger partial charge >= 0.3 is 6.18 Å². The molecule has 0 aromatic carbocycles. The molecule has 0 atom stereocenters. The average Bonchev–Trinajstić information content (AvgIpc) is 3.08. The summed E-state index contributed by atoms with van der Waals surface area (Å²) in [5, 5.41) is 7.91. The highest BCUT2D eigenvalue weighted by Gasteiger charge is 2.31. The van der Waals surface area contributed by atoms with Crippen molar-refractivity contribution < 1.29 is 21.6 Å². The van der Waals surface area contributed by atoms with Gasteiger partial charge in [0.25, 0.3) is 0 Å². The first-order valence-corrected chi connectivity index (χ1v) is 10.4. The van der Waals surface area contributed by atoms with E-state index in [2.05, 4.69) is 20.2 Å². The van der Waals surface area contributed by atoms with Crippen LogP contribution < -0.4 is 0 Å². The minimum Gasteiger partial charge on any atom is -0.307 e. The van der Waals surface area contributed by atoms with Gasteiger partial charge in [0.15, 0.2) is 21.5 Å². The first-order chi connectivity index (χ1) is 13.6. The highest BCUT2D eigenvalue weighted by atomic mass is 32.2. The number of aromatic nitrogens is 5. The maximum atomic E-state index is 13.0. The van der Waals surface area contributed by atoms with Crippen molar-refractivity contribution in [3.05, 3.63) is 41.7 Å². The van der Waals surface area contributed by atoms with Crippen LogP contribution in [0.25, 0.3) is 23.0 Å². The monoisotopic (exact) mass is 425 g/mol. The Labute approximate surface area is 165 Å². The van der Waals surface area contributed by atoms with Gasteiger partial charge in [-0.05, 0) is 30.2 Å². The molecule has 0 saturated carbocycles. The SMILES string of the molecule is CCc1cnc(-c2nnc(-c3cc(C(F)(F)F)ccn3)n2C)c(S(=O)(=O)CC)c1. The van der Waals surface area contributed by atoms with E-state index in [0.29, 0.717) is 6.42 Å². The van der Waals surface area contributed by atoms with E-state index in [9.17, 15) is 21.6 Å². The smallest absolute Gasteiger partial charge is 0.307 e. The van der Waals surface area contributed by atoms with Gasteiger partial charge in [-0.25, -0.2) is 8.42 Å². The Bertz CT molecular complexity index is 1160. The number of aryl methyl sites for hydroxylation is 1. The van der Waals surface area contributed by atoms with Crippen molar-refractivity contribution in [2.75, 3.05) is 5.75 Å². The number of hydrogen-bond donors (Lipinski definition) is 0. The van der Waals surface area contributed by atoms with Crippen molar-refractivity contribution >= 4 is 9.84 Å². The number of halogens is 3. The molecule has 29 heavy (non-hydrogen) atoms. The molecular formula is C18H18F3N5O2S. The zero-order chi connectivity index (χ0) is 21.4. The van der Waals surface area contributed by atoms with Crippen LogP contribution in [-0.2, 0) is 29.5 Å². The summed E-state index contributed by atoms with van der Waals surface area (Å²) in [5.74, 6) is 0.0515. The summed E-state index contributed by atoms with van der Waals surface area (Å²) in [6.45, 7) is 3.39. The predicted octanol–water partition coefficient (Wildman–Crippen LogP) is 3.31. The standard InChI is InChI=1S/C18H18F3N5O2S/c1-4-11-8-14(29(27,28)5-2)15(23-10-11)17-25-24-16(26(17)3)13-9-12(6-7-22-13)18(19,20)21/h6-10H,4-5H2,1-3H3. The third-order valence-corrected chi connectivity index (χ3v) is 6.18. The summed E-state index contributed by atoms with van der Waals surface area (Å²) in [6.07, 6.45) is -1.36. The molecule has 0 amide bonds. The first kappa shape index (κ1) is 20.9. The number of sulfone groups is 1. The van der Waals surface area contributed by atoms with Crippen LogP contribution in [0.2, 0.25) is 0 Å². The summed E-state index contributed by atoms with van der Waals surface area (Å²) in [7, 11) is -2.10. The van der Waals surface area contributed by atoms with Crippen LogP contribution in [0.15, 0.2) is 35.5 Å². The Hall–Kier alpha value is -2.82. The molecule has 0 unspecified atom stereocenters. The molecule has 154 valence electrons. The molecule has 0 fully saturated rings. The third-order valence-electron chi connectivity index (χ3n) is 4.44. The maximum Gasteiger partial charge on any atom is 0.416 e. The number of rotatable bonds is 5. The normalized spacial score (nSPS) is 12.3. The lowest BCUT2D eigenvalue weighted by molar-refractivity contribution is -0.137. The van der Waals surface area contributed by atoms with Crippen molar-refractivity contribution in [3.8, 4) is 23.0 Å². The largest absolute Gasteiger partial charge is 0.416 e. The second-order valence-corrected chi connectivity index (χ2v) is 8.53. The molecule has 0 spiro atoms. The van der Waals surface area contributed by atoms with Crippen LogP contribution in [-0.4, -0.2) is 38.9 Å². The molecule has 7 nitrogen and oxygen atoms in total. The zero-order valence-corrected chi connectivity index (χ0v) is 16.7. The lowest BCUT2D eigenvalue weighted by atomic mass is 10.2. The molecule has 0 radical (unpaired) electrons. The Morgan fingerprint density at radius 3 is 2.38 bits per heavy atom. The van der Waals surface area contributed by atoms with Crippen molar-refractivity contribution in [2.24, 2.45) is 7.05 Å². The predicted molar refractivity (Wildman–Crippen MR) is 99.6 cm³/mol. The zero-order valence-electron chi connectivity index (χ0n) is 15.9. The molecule has 0 aliphatic rings. The second kappa shape index (κ2) is 7.54. The van der Waals surface area contributed by atoms with E-state index in [1.807, 2.05) is 6.92 Å². The minimum absolute atomic E-state index is 0.0124.